The van der Waals surface area contributed by atoms with E-state index in [4.69, 9.17) is 4.42 Å². The van der Waals surface area contributed by atoms with Crippen LogP contribution in [0.3, 0.4) is 0 Å². The maximum Gasteiger partial charge on any atom is 0.247 e. The molecule has 0 saturated heterocycles. The van der Waals surface area contributed by atoms with Gasteiger partial charge in [-0.25, -0.2) is 9.67 Å². The first-order valence-corrected chi connectivity index (χ1v) is 8.70. The average molecular weight is 349 g/mol. The number of hydrogen-bond donors (Lipinski definition) is 0. The number of thioether (sulfide) groups is 1. The monoisotopic (exact) mass is 349 g/mol. The second kappa shape index (κ2) is 6.90. The summed E-state index contributed by atoms with van der Waals surface area (Å²) in [7, 11) is 0. The van der Waals surface area contributed by atoms with E-state index in [0.717, 1.165) is 11.3 Å². The van der Waals surface area contributed by atoms with Crippen molar-refractivity contribution in [3.8, 4) is 17.1 Å². The van der Waals surface area contributed by atoms with Gasteiger partial charge in [-0.15, -0.1) is 15.3 Å². The van der Waals surface area contributed by atoms with E-state index in [1.165, 1.54) is 11.8 Å². The van der Waals surface area contributed by atoms with Gasteiger partial charge in [-0.3, -0.25) is 0 Å². The molecule has 0 bridgehead atoms. The molecule has 25 heavy (non-hydrogen) atoms. The highest BCUT2D eigenvalue weighted by molar-refractivity contribution is 7.99. The van der Waals surface area contributed by atoms with E-state index in [2.05, 4.69) is 20.3 Å². The third kappa shape index (κ3) is 3.46. The topological polar surface area (TPSA) is 69.6 Å². The predicted molar refractivity (Wildman–Crippen MR) is 95.4 cm³/mol. The lowest BCUT2D eigenvalue weighted by atomic mass is 10.2. The molecule has 6 nitrogen and oxygen atoms in total. The molecule has 0 aliphatic heterocycles. The molecule has 0 aliphatic rings. The zero-order chi connectivity index (χ0) is 17.1. The van der Waals surface area contributed by atoms with Crippen LogP contribution in [0.4, 0.5) is 0 Å². The van der Waals surface area contributed by atoms with Gasteiger partial charge in [-0.1, -0.05) is 48.2 Å². The van der Waals surface area contributed by atoms with Gasteiger partial charge in [0, 0.05) is 5.56 Å². The van der Waals surface area contributed by atoms with Gasteiger partial charge in [-0.2, -0.15) is 0 Å². The van der Waals surface area contributed by atoms with Gasteiger partial charge in [-0.05, 0) is 31.2 Å². The summed E-state index contributed by atoms with van der Waals surface area (Å²) in [5.41, 5.74) is 1.88. The fourth-order valence-corrected chi connectivity index (χ4v) is 3.07. The highest BCUT2D eigenvalue weighted by Crippen LogP contribution is 2.33. The van der Waals surface area contributed by atoms with Crippen molar-refractivity contribution in [2.75, 3.05) is 0 Å². The van der Waals surface area contributed by atoms with Crippen molar-refractivity contribution in [2.45, 2.75) is 17.3 Å². The molecule has 124 valence electrons. The largest absolute Gasteiger partial charge is 0.419 e. The van der Waals surface area contributed by atoms with Crippen LogP contribution < -0.4 is 0 Å². The summed E-state index contributed by atoms with van der Waals surface area (Å²) in [5, 5.41) is 13.4. The lowest BCUT2D eigenvalue weighted by Crippen LogP contribution is -1.94. The minimum absolute atomic E-state index is 0.0448. The Balaban J connectivity index is 1.49. The Morgan fingerprint density at radius 1 is 0.960 bits per heavy atom. The van der Waals surface area contributed by atoms with Crippen LogP contribution in [-0.2, 0) is 0 Å². The summed E-state index contributed by atoms with van der Waals surface area (Å²) < 4.78 is 7.54. The molecular formula is C18H15N5OS. The van der Waals surface area contributed by atoms with Crippen molar-refractivity contribution in [1.82, 2.24) is 25.0 Å². The molecule has 2 aromatic carbocycles. The molecule has 1 unspecified atom stereocenters. The van der Waals surface area contributed by atoms with Crippen molar-refractivity contribution in [1.29, 1.82) is 0 Å². The highest BCUT2D eigenvalue weighted by atomic mass is 32.2. The number of aromatic nitrogens is 5. The quantitative estimate of drug-likeness (QED) is 0.504. The second-order valence-corrected chi connectivity index (χ2v) is 6.69. The number of para-hydroxylation sites is 1. The van der Waals surface area contributed by atoms with Crippen LogP contribution in [-0.4, -0.2) is 25.0 Å². The smallest absolute Gasteiger partial charge is 0.247 e. The first kappa shape index (κ1) is 15.6. The van der Waals surface area contributed by atoms with Crippen LogP contribution in [0.25, 0.3) is 17.1 Å². The molecule has 0 amide bonds. The van der Waals surface area contributed by atoms with Crippen molar-refractivity contribution in [3.63, 3.8) is 0 Å². The summed E-state index contributed by atoms with van der Waals surface area (Å²) in [6, 6.07) is 19.6. The van der Waals surface area contributed by atoms with E-state index in [9.17, 15) is 0 Å². The zero-order valence-electron chi connectivity index (χ0n) is 13.5. The minimum Gasteiger partial charge on any atom is -0.419 e. The van der Waals surface area contributed by atoms with Gasteiger partial charge in [0.1, 0.15) is 6.33 Å². The molecule has 0 saturated carbocycles. The van der Waals surface area contributed by atoms with E-state index >= 15 is 0 Å². The Hall–Kier alpha value is -2.93. The molecule has 4 rings (SSSR count). The maximum absolute atomic E-state index is 5.79. The average Bonchev–Trinajstić information content (AvgIpc) is 3.33. The van der Waals surface area contributed by atoms with E-state index in [0.29, 0.717) is 16.9 Å². The summed E-state index contributed by atoms with van der Waals surface area (Å²) in [4.78, 5) is 4.35. The second-order valence-electron chi connectivity index (χ2n) is 5.38. The first-order chi connectivity index (χ1) is 12.3. The molecule has 4 aromatic rings. The lowest BCUT2D eigenvalue weighted by molar-refractivity contribution is 0.509. The molecule has 0 aliphatic carbocycles. The molecule has 2 heterocycles. The van der Waals surface area contributed by atoms with E-state index in [-0.39, 0.29) is 5.25 Å². The summed E-state index contributed by atoms with van der Waals surface area (Å²) in [6.07, 6.45) is 1.70. The normalized spacial score (nSPS) is 12.2. The molecule has 0 spiro atoms. The Labute approximate surface area is 148 Å². The van der Waals surface area contributed by atoms with Gasteiger partial charge < -0.3 is 4.42 Å². The summed E-state index contributed by atoms with van der Waals surface area (Å²) in [6.45, 7) is 2.00. The Morgan fingerprint density at radius 2 is 1.68 bits per heavy atom. The lowest BCUT2D eigenvalue weighted by Gasteiger charge is -2.02. The van der Waals surface area contributed by atoms with Gasteiger partial charge in [0.2, 0.25) is 16.9 Å². The standard InChI is InChI=1S/C18H15N5OS/c1-13(16-20-21-17(24-16)14-8-4-2-5-9-14)25-18-19-12-23(22-18)15-10-6-3-7-11-15/h2-13H,1H3. The summed E-state index contributed by atoms with van der Waals surface area (Å²) >= 11 is 1.48. The van der Waals surface area contributed by atoms with Crippen LogP contribution in [0, 0.1) is 0 Å². The fourth-order valence-electron chi connectivity index (χ4n) is 2.31. The van der Waals surface area contributed by atoms with Gasteiger partial charge >= 0.3 is 0 Å². The third-order valence-corrected chi connectivity index (χ3v) is 4.54. The van der Waals surface area contributed by atoms with Gasteiger partial charge in [0.05, 0.1) is 10.9 Å². The number of hydrogen-bond acceptors (Lipinski definition) is 6. The van der Waals surface area contributed by atoms with Crippen LogP contribution >= 0.6 is 11.8 Å². The Bertz CT molecular complexity index is 952. The van der Waals surface area contributed by atoms with Crippen molar-refractivity contribution in [3.05, 3.63) is 72.9 Å². The van der Waals surface area contributed by atoms with Gasteiger partial charge in [0.25, 0.3) is 0 Å². The van der Waals surface area contributed by atoms with Crippen LogP contribution in [0.1, 0.15) is 18.1 Å². The van der Waals surface area contributed by atoms with E-state index in [1.807, 2.05) is 67.6 Å². The molecular weight excluding hydrogens is 334 g/mol. The highest BCUT2D eigenvalue weighted by Gasteiger charge is 2.18. The third-order valence-electron chi connectivity index (χ3n) is 3.58. The van der Waals surface area contributed by atoms with E-state index < -0.39 is 0 Å². The van der Waals surface area contributed by atoms with Gasteiger partial charge in [0.15, 0.2) is 0 Å². The number of rotatable bonds is 5. The minimum atomic E-state index is -0.0448. The van der Waals surface area contributed by atoms with Crippen molar-refractivity contribution in [2.24, 2.45) is 0 Å². The Morgan fingerprint density at radius 3 is 2.44 bits per heavy atom. The van der Waals surface area contributed by atoms with Crippen LogP contribution in [0.5, 0.6) is 0 Å². The zero-order valence-corrected chi connectivity index (χ0v) is 14.3. The first-order valence-electron chi connectivity index (χ1n) is 7.82. The predicted octanol–water partition coefficient (Wildman–Crippen LogP) is 4.17. The molecule has 0 N–H and O–H groups in total. The van der Waals surface area contributed by atoms with Crippen molar-refractivity contribution < 1.29 is 4.42 Å². The summed E-state index contributed by atoms with van der Waals surface area (Å²) in [5.74, 6) is 1.07. The molecule has 1 atom stereocenters. The molecule has 7 heteroatoms. The van der Waals surface area contributed by atoms with Crippen molar-refractivity contribution >= 4 is 11.8 Å². The maximum atomic E-state index is 5.79. The molecule has 0 radical (unpaired) electrons. The SMILES string of the molecule is CC(Sc1ncn(-c2ccccc2)n1)c1nnc(-c2ccccc2)o1. The fraction of sp³-hybridized carbons (Fsp3) is 0.111. The molecule has 2 aromatic heterocycles. The number of benzene rings is 2. The Kier molecular flexibility index (Phi) is 4.30. The van der Waals surface area contributed by atoms with Crippen LogP contribution in [0.15, 0.2) is 76.6 Å². The number of nitrogens with zero attached hydrogens (tertiary/aromatic N) is 5. The van der Waals surface area contributed by atoms with Crippen LogP contribution in [0.2, 0.25) is 0 Å². The molecule has 0 fully saturated rings. The van der Waals surface area contributed by atoms with E-state index in [1.54, 1.807) is 11.0 Å².